The molecule has 12 nitrogen and oxygen atoms in total. The summed E-state index contributed by atoms with van der Waals surface area (Å²) in [5.74, 6) is -1.49. The zero-order valence-corrected chi connectivity index (χ0v) is 24.6. The van der Waals surface area contributed by atoms with Crippen molar-refractivity contribution >= 4 is 68.6 Å². The Kier molecular flexibility index (Phi) is 7.50. The Balaban J connectivity index is 1.43. The number of oxime groups is 1. The Morgan fingerprint density at radius 1 is 1.27 bits per heavy atom. The lowest BCUT2D eigenvalue weighted by Crippen LogP contribution is -2.72. The van der Waals surface area contributed by atoms with Crippen LogP contribution in [0.2, 0.25) is 0 Å². The number of carbonyl (C=O) groups excluding carboxylic acids is 3. The Morgan fingerprint density at radius 2 is 2.02 bits per heavy atom. The van der Waals surface area contributed by atoms with Crippen molar-refractivity contribution in [3.8, 4) is 0 Å². The van der Waals surface area contributed by atoms with Crippen LogP contribution in [0.15, 0.2) is 57.1 Å². The number of nitrogens with two attached hydrogens (primary N) is 1. The summed E-state index contributed by atoms with van der Waals surface area (Å²) in [5, 5.41) is 11.0. The molecule has 0 saturated carbocycles. The molecule has 0 bridgehead atoms. The number of rotatable bonds is 7. The zero-order chi connectivity index (χ0) is 28.8. The second-order valence-electron chi connectivity index (χ2n) is 10.2. The third kappa shape index (κ3) is 5.13. The molecule has 2 amide bonds. The van der Waals surface area contributed by atoms with Gasteiger partial charge in [0.05, 0.1) is 16.6 Å². The van der Waals surface area contributed by atoms with Gasteiger partial charge < -0.3 is 20.2 Å². The molecule has 4 N–H and O–H groups in total. The number of nitrogens with zero attached hydrogens (tertiary/aromatic N) is 3. The third-order valence-corrected chi connectivity index (χ3v) is 9.55. The number of amides is 2. The zero-order valence-electron chi connectivity index (χ0n) is 22.1. The van der Waals surface area contributed by atoms with Gasteiger partial charge in [-0.15, -0.1) is 11.8 Å². The molecule has 1 fully saturated rings. The predicted octanol–water partition coefficient (Wildman–Crippen LogP) is 1.48. The maximum absolute atomic E-state index is 13.5. The molecule has 0 aliphatic carbocycles. The van der Waals surface area contributed by atoms with Crippen LogP contribution in [0.25, 0.3) is 10.1 Å². The molecule has 0 spiro atoms. The van der Waals surface area contributed by atoms with Crippen molar-refractivity contribution in [2.75, 3.05) is 12.9 Å². The highest BCUT2D eigenvalue weighted by Crippen LogP contribution is 2.42. The van der Waals surface area contributed by atoms with E-state index in [-0.39, 0.29) is 23.5 Å². The summed E-state index contributed by atoms with van der Waals surface area (Å²) in [6.07, 6.45) is 1.58. The van der Waals surface area contributed by atoms with Crippen LogP contribution in [0.5, 0.6) is 0 Å². The van der Waals surface area contributed by atoms with Crippen LogP contribution in [0, 0.1) is 0 Å². The van der Waals surface area contributed by atoms with E-state index >= 15 is 0 Å². The van der Waals surface area contributed by atoms with E-state index in [4.69, 9.17) is 15.3 Å². The smallest absolute Gasteiger partial charge is 0.355 e. The molecular formula is C25H28N6O6S3. The van der Waals surface area contributed by atoms with Gasteiger partial charge in [-0.2, -0.15) is 0 Å². The largest absolute Gasteiger partial charge is 0.455 e. The van der Waals surface area contributed by atoms with Gasteiger partial charge in [-0.05, 0) is 43.9 Å². The van der Waals surface area contributed by atoms with Crippen molar-refractivity contribution in [2.24, 2.45) is 10.9 Å². The molecule has 5 rings (SSSR count). The molecule has 3 atom stereocenters. The number of hydrogen-bond acceptors (Lipinski definition) is 12. The maximum Gasteiger partial charge on any atom is 0.355 e. The topological polar surface area (TPSA) is 157 Å². The molecule has 4 heterocycles. The van der Waals surface area contributed by atoms with Gasteiger partial charge in [-0.25, -0.2) is 4.79 Å². The quantitative estimate of drug-likeness (QED) is 0.183. The number of carbonyl (C=O) groups is 3. The summed E-state index contributed by atoms with van der Waals surface area (Å²) in [7, 11) is 1.29. The molecule has 1 saturated heterocycles. The minimum absolute atomic E-state index is 0.0943. The molecule has 1 aromatic heterocycles. The van der Waals surface area contributed by atoms with E-state index < -0.39 is 39.8 Å². The lowest BCUT2D eigenvalue weighted by molar-refractivity contribution is -0.158. The number of nitrogens with one attached hydrogen (secondary N) is 2. The van der Waals surface area contributed by atoms with Crippen molar-refractivity contribution in [1.29, 1.82) is 0 Å². The fraction of sp³-hybridized carbons (Fsp3) is 0.400. The lowest BCUT2D eigenvalue weighted by atomic mass is 10.0. The molecule has 3 aliphatic heterocycles. The average molecular weight is 605 g/mol. The van der Waals surface area contributed by atoms with E-state index in [1.165, 1.54) is 35.3 Å². The normalized spacial score (nSPS) is 24.5. The first kappa shape index (κ1) is 28.3. The molecule has 40 heavy (non-hydrogen) atoms. The molecule has 3 aliphatic rings. The van der Waals surface area contributed by atoms with Crippen molar-refractivity contribution < 1.29 is 24.0 Å². The van der Waals surface area contributed by atoms with Gasteiger partial charge in [0.25, 0.3) is 17.4 Å². The minimum Gasteiger partial charge on any atom is -0.455 e. The standard InChI is InChI=1S/C25H28N6O6S3/c1-24(2,3)37-23(35)17-13(11-30-20(33)14-7-5-6-8-15(14)40-30)12-38-22-16(21(34)31(17)22)28-19(32)18(29-36-4)25(26)27-9-10-39-25/h5-10,16,22,27H,11-12,26H2,1-4H3,(H,28,32)/t16-,22-,25?/m1/s1. The predicted molar refractivity (Wildman–Crippen MR) is 155 cm³/mol. The minimum atomic E-state index is -1.36. The fourth-order valence-electron chi connectivity index (χ4n) is 4.45. The van der Waals surface area contributed by atoms with Crippen LogP contribution < -0.4 is 21.9 Å². The summed E-state index contributed by atoms with van der Waals surface area (Å²) in [6, 6.07) is 6.34. The first-order chi connectivity index (χ1) is 18.9. The van der Waals surface area contributed by atoms with Gasteiger partial charge in [0.15, 0.2) is 10.7 Å². The highest BCUT2D eigenvalue weighted by molar-refractivity contribution is 8.04. The van der Waals surface area contributed by atoms with Crippen LogP contribution >= 0.6 is 35.1 Å². The molecule has 15 heteroatoms. The highest BCUT2D eigenvalue weighted by Gasteiger charge is 2.55. The SMILES string of the molecule is CON=C(C(=O)N[C@@H]1C(=O)N2C(C(=O)OC(C)(C)C)=C(Cn3sc4ccccc4c3=O)CS[C@H]12)C1(N)NC=CS1. The Morgan fingerprint density at radius 3 is 2.67 bits per heavy atom. The number of hydrogen-bond donors (Lipinski definition) is 3. The number of β-lactam (4-membered cyclic amide) rings is 1. The summed E-state index contributed by atoms with van der Waals surface area (Å²) in [6.45, 7) is 5.34. The van der Waals surface area contributed by atoms with E-state index in [9.17, 15) is 19.2 Å². The highest BCUT2D eigenvalue weighted by atomic mass is 32.2. The number of benzene rings is 1. The van der Waals surface area contributed by atoms with E-state index in [0.29, 0.717) is 16.7 Å². The van der Waals surface area contributed by atoms with Gasteiger partial charge >= 0.3 is 5.97 Å². The molecule has 1 unspecified atom stereocenters. The average Bonchev–Trinajstić information content (AvgIpc) is 3.48. The Hall–Kier alpha value is -3.27. The first-order valence-corrected chi connectivity index (χ1v) is 14.9. The van der Waals surface area contributed by atoms with Crippen molar-refractivity contribution in [3.05, 3.63) is 57.5 Å². The Labute approximate surface area is 242 Å². The van der Waals surface area contributed by atoms with Crippen LogP contribution in [-0.2, 0) is 30.5 Å². The second kappa shape index (κ2) is 10.6. The van der Waals surface area contributed by atoms with Crippen molar-refractivity contribution in [3.63, 3.8) is 0 Å². The lowest BCUT2D eigenvalue weighted by Gasteiger charge is -2.50. The molecular weight excluding hydrogens is 577 g/mol. The number of ether oxygens (including phenoxy) is 1. The number of fused-ring (bicyclic) bond motifs is 2. The van der Waals surface area contributed by atoms with Gasteiger partial charge in [-0.1, -0.05) is 40.6 Å². The molecule has 1 aromatic carbocycles. The Bertz CT molecular complexity index is 1530. The van der Waals surface area contributed by atoms with Crippen LogP contribution in [0.3, 0.4) is 0 Å². The fourth-order valence-corrected chi connectivity index (χ4v) is 7.55. The molecule has 2 aromatic rings. The third-order valence-electron chi connectivity index (χ3n) is 6.18. The monoisotopic (exact) mass is 604 g/mol. The number of thioether (sulfide) groups is 2. The van der Waals surface area contributed by atoms with E-state index in [2.05, 4.69) is 15.8 Å². The summed E-state index contributed by atoms with van der Waals surface area (Å²) in [4.78, 5) is 57.9. The van der Waals surface area contributed by atoms with Crippen LogP contribution in [0.1, 0.15) is 20.8 Å². The van der Waals surface area contributed by atoms with Gasteiger partial charge in [-0.3, -0.25) is 29.0 Å². The summed E-state index contributed by atoms with van der Waals surface area (Å²) >= 11 is 3.80. The second-order valence-corrected chi connectivity index (χ2v) is 13.5. The van der Waals surface area contributed by atoms with Crippen molar-refractivity contribution in [2.45, 2.75) is 49.3 Å². The maximum atomic E-state index is 13.5. The van der Waals surface area contributed by atoms with Gasteiger partial charge in [0, 0.05) is 12.0 Å². The van der Waals surface area contributed by atoms with Crippen LogP contribution in [0.4, 0.5) is 0 Å². The first-order valence-electron chi connectivity index (χ1n) is 12.2. The number of esters is 1. The van der Waals surface area contributed by atoms with Crippen LogP contribution in [-0.4, -0.2) is 67.2 Å². The van der Waals surface area contributed by atoms with Gasteiger partial charge in [0.2, 0.25) is 0 Å². The van der Waals surface area contributed by atoms with E-state index in [1.807, 2.05) is 12.1 Å². The summed E-state index contributed by atoms with van der Waals surface area (Å²) < 4.78 is 8.06. The van der Waals surface area contributed by atoms with E-state index in [1.54, 1.807) is 48.5 Å². The van der Waals surface area contributed by atoms with Crippen molar-refractivity contribution in [1.82, 2.24) is 19.5 Å². The molecule has 0 radical (unpaired) electrons. The summed E-state index contributed by atoms with van der Waals surface area (Å²) in [5.41, 5.74) is 5.81. The number of aromatic nitrogens is 1. The molecule has 212 valence electrons. The van der Waals surface area contributed by atoms with E-state index in [0.717, 1.165) is 16.5 Å². The van der Waals surface area contributed by atoms with Gasteiger partial charge in [0.1, 0.15) is 29.8 Å².